The molecule has 0 aliphatic carbocycles. The van der Waals surface area contributed by atoms with Crippen LogP contribution in [0, 0.1) is 0 Å². The van der Waals surface area contributed by atoms with E-state index in [9.17, 15) is 0 Å². The summed E-state index contributed by atoms with van der Waals surface area (Å²) < 4.78 is 7.09. The number of halogens is 1. The molecule has 0 saturated heterocycles. The van der Waals surface area contributed by atoms with E-state index in [-0.39, 0.29) is 12.4 Å². The molecular formula is C11H22ClN3O. The van der Waals surface area contributed by atoms with Crippen molar-refractivity contribution < 1.29 is 4.74 Å². The Morgan fingerprint density at radius 2 is 2.25 bits per heavy atom. The molecule has 0 saturated carbocycles. The van der Waals surface area contributed by atoms with Crippen LogP contribution in [0.1, 0.15) is 25.3 Å². The van der Waals surface area contributed by atoms with Gasteiger partial charge in [-0.25, -0.2) is 0 Å². The van der Waals surface area contributed by atoms with Crippen molar-refractivity contribution in [2.75, 3.05) is 19.8 Å². The number of ether oxygens (including phenoxy) is 1. The molecule has 0 radical (unpaired) electrons. The number of hydrogen-bond donors (Lipinski definition) is 1. The summed E-state index contributed by atoms with van der Waals surface area (Å²) in [5.74, 6) is 0. The fourth-order valence-electron chi connectivity index (χ4n) is 1.39. The molecule has 0 aliphatic rings. The van der Waals surface area contributed by atoms with Gasteiger partial charge in [-0.15, -0.1) is 12.4 Å². The Morgan fingerprint density at radius 1 is 1.44 bits per heavy atom. The van der Waals surface area contributed by atoms with Crippen molar-refractivity contribution in [1.29, 1.82) is 0 Å². The van der Waals surface area contributed by atoms with Gasteiger partial charge in [0.1, 0.15) is 0 Å². The van der Waals surface area contributed by atoms with Crippen LogP contribution in [0.25, 0.3) is 0 Å². The molecule has 4 nitrogen and oxygen atoms in total. The van der Waals surface area contributed by atoms with Crippen LogP contribution in [-0.4, -0.2) is 29.5 Å². The maximum absolute atomic E-state index is 5.26. The number of nitrogens with one attached hydrogen (secondary N) is 1. The molecule has 0 bridgehead atoms. The molecule has 0 aliphatic heterocycles. The minimum atomic E-state index is 0. The standard InChI is InChI=1S/C11H21N3O.ClH/c1-3-15-7-5-4-6-12-8-11-9-13-14(2)10-11;/h9-10,12H,3-8H2,1-2H3;1H. The molecule has 0 spiro atoms. The first kappa shape index (κ1) is 15.4. The van der Waals surface area contributed by atoms with E-state index in [2.05, 4.69) is 10.4 Å². The highest BCUT2D eigenvalue weighted by Gasteiger charge is 1.94. The van der Waals surface area contributed by atoms with Crippen LogP contribution in [0.3, 0.4) is 0 Å². The first-order valence-electron chi connectivity index (χ1n) is 5.59. The summed E-state index contributed by atoms with van der Waals surface area (Å²) in [5, 5.41) is 7.50. The van der Waals surface area contributed by atoms with Gasteiger partial charge in [-0.1, -0.05) is 0 Å². The molecule has 0 unspecified atom stereocenters. The van der Waals surface area contributed by atoms with Crippen LogP contribution in [0.2, 0.25) is 0 Å². The third-order valence-corrected chi connectivity index (χ3v) is 2.18. The van der Waals surface area contributed by atoms with E-state index < -0.39 is 0 Å². The van der Waals surface area contributed by atoms with Crippen LogP contribution in [0.5, 0.6) is 0 Å². The SMILES string of the molecule is CCOCCCCNCc1cnn(C)c1.Cl. The van der Waals surface area contributed by atoms with Crippen LogP contribution in [-0.2, 0) is 18.3 Å². The maximum Gasteiger partial charge on any atom is 0.0534 e. The molecule has 94 valence electrons. The largest absolute Gasteiger partial charge is 0.382 e. The van der Waals surface area contributed by atoms with E-state index >= 15 is 0 Å². The summed E-state index contributed by atoms with van der Waals surface area (Å²) in [6, 6.07) is 0. The Hall–Kier alpha value is -0.580. The second-order valence-electron chi connectivity index (χ2n) is 3.60. The van der Waals surface area contributed by atoms with E-state index in [0.717, 1.165) is 32.7 Å². The molecule has 0 amide bonds. The summed E-state index contributed by atoms with van der Waals surface area (Å²) >= 11 is 0. The Bertz CT molecular complexity index is 265. The molecule has 1 N–H and O–H groups in total. The lowest BCUT2D eigenvalue weighted by molar-refractivity contribution is 0.143. The highest BCUT2D eigenvalue weighted by atomic mass is 35.5. The minimum Gasteiger partial charge on any atom is -0.382 e. The van der Waals surface area contributed by atoms with E-state index in [1.807, 2.05) is 31.0 Å². The van der Waals surface area contributed by atoms with Gasteiger partial charge in [0.05, 0.1) is 6.20 Å². The van der Waals surface area contributed by atoms with Crippen molar-refractivity contribution in [1.82, 2.24) is 15.1 Å². The fraction of sp³-hybridized carbons (Fsp3) is 0.727. The maximum atomic E-state index is 5.26. The number of aromatic nitrogens is 2. The van der Waals surface area contributed by atoms with Crippen molar-refractivity contribution in [3.8, 4) is 0 Å². The molecule has 5 heteroatoms. The van der Waals surface area contributed by atoms with Crippen LogP contribution >= 0.6 is 12.4 Å². The zero-order valence-electron chi connectivity index (χ0n) is 10.1. The summed E-state index contributed by atoms with van der Waals surface area (Å²) in [4.78, 5) is 0. The lowest BCUT2D eigenvalue weighted by Gasteiger charge is -2.03. The molecule has 0 fully saturated rings. The van der Waals surface area contributed by atoms with Crippen LogP contribution in [0.15, 0.2) is 12.4 Å². The van der Waals surface area contributed by atoms with Gasteiger partial charge in [0.2, 0.25) is 0 Å². The smallest absolute Gasteiger partial charge is 0.0534 e. The Kier molecular flexibility index (Phi) is 9.28. The summed E-state index contributed by atoms with van der Waals surface area (Å²) in [5.41, 5.74) is 1.24. The average molecular weight is 248 g/mol. The van der Waals surface area contributed by atoms with Crippen LogP contribution < -0.4 is 5.32 Å². The van der Waals surface area contributed by atoms with Crippen molar-refractivity contribution in [3.05, 3.63) is 18.0 Å². The second kappa shape index (κ2) is 9.63. The average Bonchev–Trinajstić information content (AvgIpc) is 2.63. The van der Waals surface area contributed by atoms with Crippen molar-refractivity contribution in [2.45, 2.75) is 26.3 Å². The number of aryl methyl sites for hydroxylation is 1. The molecular weight excluding hydrogens is 226 g/mol. The second-order valence-corrected chi connectivity index (χ2v) is 3.60. The van der Waals surface area contributed by atoms with Gasteiger partial charge in [-0.2, -0.15) is 5.10 Å². The van der Waals surface area contributed by atoms with Gasteiger partial charge >= 0.3 is 0 Å². The zero-order valence-corrected chi connectivity index (χ0v) is 10.9. The fourth-order valence-corrected chi connectivity index (χ4v) is 1.39. The van der Waals surface area contributed by atoms with E-state index in [1.54, 1.807) is 0 Å². The first-order chi connectivity index (χ1) is 7.33. The first-order valence-corrected chi connectivity index (χ1v) is 5.59. The molecule has 16 heavy (non-hydrogen) atoms. The molecule has 1 rings (SSSR count). The monoisotopic (exact) mass is 247 g/mol. The summed E-state index contributed by atoms with van der Waals surface area (Å²) in [7, 11) is 1.94. The van der Waals surface area contributed by atoms with Gasteiger partial charge in [-0.3, -0.25) is 4.68 Å². The topological polar surface area (TPSA) is 39.1 Å². The van der Waals surface area contributed by atoms with Gasteiger partial charge in [-0.05, 0) is 26.3 Å². The third-order valence-electron chi connectivity index (χ3n) is 2.18. The Morgan fingerprint density at radius 3 is 2.88 bits per heavy atom. The van der Waals surface area contributed by atoms with Gasteiger partial charge in [0, 0.05) is 38.6 Å². The normalized spacial score (nSPS) is 10.1. The highest BCUT2D eigenvalue weighted by Crippen LogP contribution is 1.95. The van der Waals surface area contributed by atoms with Gasteiger partial charge in [0.15, 0.2) is 0 Å². The quantitative estimate of drug-likeness (QED) is 0.712. The van der Waals surface area contributed by atoms with Crippen molar-refractivity contribution in [3.63, 3.8) is 0 Å². The molecule has 1 aromatic rings. The van der Waals surface area contributed by atoms with E-state index in [4.69, 9.17) is 4.74 Å². The van der Waals surface area contributed by atoms with Crippen LogP contribution in [0.4, 0.5) is 0 Å². The van der Waals surface area contributed by atoms with Crippen molar-refractivity contribution >= 4 is 12.4 Å². The lowest BCUT2D eigenvalue weighted by atomic mass is 10.3. The number of rotatable bonds is 8. The summed E-state index contributed by atoms with van der Waals surface area (Å²) in [6.07, 6.45) is 6.23. The predicted molar refractivity (Wildman–Crippen MR) is 67.9 cm³/mol. The molecule has 1 heterocycles. The predicted octanol–water partition coefficient (Wildman–Crippen LogP) is 1.75. The number of nitrogens with zero attached hydrogens (tertiary/aromatic N) is 2. The Labute approximate surface area is 104 Å². The highest BCUT2D eigenvalue weighted by molar-refractivity contribution is 5.85. The molecule has 0 aromatic carbocycles. The zero-order chi connectivity index (χ0) is 10.9. The van der Waals surface area contributed by atoms with E-state index in [1.165, 1.54) is 12.0 Å². The van der Waals surface area contributed by atoms with Crippen molar-refractivity contribution in [2.24, 2.45) is 7.05 Å². The van der Waals surface area contributed by atoms with Gasteiger partial charge in [0.25, 0.3) is 0 Å². The third kappa shape index (κ3) is 6.82. The van der Waals surface area contributed by atoms with E-state index in [0.29, 0.717) is 0 Å². The number of unbranched alkanes of at least 4 members (excludes halogenated alkanes) is 1. The van der Waals surface area contributed by atoms with Gasteiger partial charge < -0.3 is 10.1 Å². The Balaban J connectivity index is 0.00000225. The molecule has 1 aromatic heterocycles. The number of hydrogen-bond acceptors (Lipinski definition) is 3. The minimum absolute atomic E-state index is 0. The lowest BCUT2D eigenvalue weighted by Crippen LogP contribution is -2.14. The summed E-state index contributed by atoms with van der Waals surface area (Å²) in [6.45, 7) is 5.68. The molecule has 0 atom stereocenters.